The van der Waals surface area contributed by atoms with E-state index in [9.17, 15) is 18.0 Å². The van der Waals surface area contributed by atoms with Gasteiger partial charge in [-0.1, -0.05) is 19.3 Å². The number of benzene rings is 1. The summed E-state index contributed by atoms with van der Waals surface area (Å²) < 4.78 is 40.8. The summed E-state index contributed by atoms with van der Waals surface area (Å²) in [6.45, 7) is 1.44. The number of carbonyl (C=O) groups is 1. The van der Waals surface area contributed by atoms with Crippen LogP contribution in [-0.4, -0.2) is 35.2 Å². The minimum atomic E-state index is -4.73. The summed E-state index contributed by atoms with van der Waals surface area (Å²) in [7, 11) is 0. The first-order valence-electron chi connectivity index (χ1n) is 8.10. The first-order chi connectivity index (χ1) is 11.4. The minimum absolute atomic E-state index is 0.105. The quantitative estimate of drug-likeness (QED) is 0.876. The first kappa shape index (κ1) is 16.7. The maximum atomic E-state index is 12.6. The van der Waals surface area contributed by atoms with Crippen molar-refractivity contribution in [2.24, 2.45) is 0 Å². The number of rotatable bonds is 2. The van der Waals surface area contributed by atoms with Gasteiger partial charge < -0.3 is 14.6 Å². The highest BCUT2D eigenvalue weighted by atomic mass is 19.4. The van der Waals surface area contributed by atoms with Gasteiger partial charge in [0.25, 0.3) is 5.91 Å². The van der Waals surface area contributed by atoms with Crippen molar-refractivity contribution in [1.82, 2.24) is 9.88 Å². The van der Waals surface area contributed by atoms with Gasteiger partial charge in [0.15, 0.2) is 0 Å². The molecular weight excluding hydrogens is 321 g/mol. The Kier molecular flexibility index (Phi) is 4.69. The van der Waals surface area contributed by atoms with Crippen LogP contribution < -0.4 is 4.74 Å². The Labute approximate surface area is 137 Å². The van der Waals surface area contributed by atoms with E-state index >= 15 is 0 Å². The third kappa shape index (κ3) is 4.01. The number of nitrogens with one attached hydrogen (secondary N) is 1. The molecule has 0 atom stereocenters. The van der Waals surface area contributed by atoms with Crippen molar-refractivity contribution >= 4 is 16.8 Å². The number of alkyl halides is 3. The van der Waals surface area contributed by atoms with E-state index in [0.29, 0.717) is 16.6 Å². The van der Waals surface area contributed by atoms with Gasteiger partial charge in [0.05, 0.1) is 0 Å². The number of ether oxygens (including phenoxy) is 1. The second-order valence-electron chi connectivity index (χ2n) is 6.04. The predicted molar refractivity (Wildman–Crippen MR) is 84.0 cm³/mol. The summed E-state index contributed by atoms with van der Waals surface area (Å²) in [5, 5.41) is 0.680. The van der Waals surface area contributed by atoms with E-state index < -0.39 is 6.36 Å². The van der Waals surface area contributed by atoms with Crippen LogP contribution in [-0.2, 0) is 0 Å². The molecule has 1 aromatic carbocycles. The van der Waals surface area contributed by atoms with Crippen LogP contribution in [0.3, 0.4) is 0 Å². The van der Waals surface area contributed by atoms with Crippen molar-refractivity contribution in [3.8, 4) is 5.75 Å². The van der Waals surface area contributed by atoms with E-state index in [2.05, 4.69) is 9.72 Å². The average Bonchev–Trinajstić information content (AvgIpc) is 2.87. The van der Waals surface area contributed by atoms with Gasteiger partial charge in [0, 0.05) is 30.1 Å². The molecule has 1 aromatic heterocycles. The smallest absolute Gasteiger partial charge is 0.406 e. The number of aromatic nitrogens is 1. The fraction of sp³-hybridized carbons (Fsp3) is 0.471. The van der Waals surface area contributed by atoms with Gasteiger partial charge in [-0.25, -0.2) is 0 Å². The zero-order chi connectivity index (χ0) is 17.2. The Morgan fingerprint density at radius 1 is 1.04 bits per heavy atom. The van der Waals surface area contributed by atoms with Crippen LogP contribution in [0.5, 0.6) is 5.75 Å². The van der Waals surface area contributed by atoms with Gasteiger partial charge >= 0.3 is 6.36 Å². The molecule has 7 heteroatoms. The van der Waals surface area contributed by atoms with Crippen LogP contribution in [0.2, 0.25) is 0 Å². The molecule has 1 aliphatic rings. The molecule has 2 aromatic rings. The first-order valence-corrected chi connectivity index (χ1v) is 8.10. The van der Waals surface area contributed by atoms with E-state index in [1.54, 1.807) is 6.07 Å². The molecule has 0 aliphatic carbocycles. The fourth-order valence-corrected chi connectivity index (χ4v) is 3.04. The minimum Gasteiger partial charge on any atom is -0.406 e. The molecule has 0 bridgehead atoms. The number of amides is 1. The van der Waals surface area contributed by atoms with E-state index in [-0.39, 0.29) is 11.7 Å². The van der Waals surface area contributed by atoms with Gasteiger partial charge in [-0.15, -0.1) is 13.2 Å². The van der Waals surface area contributed by atoms with Gasteiger partial charge in [0.2, 0.25) is 0 Å². The normalized spacial score (nSPS) is 16.7. The molecule has 24 heavy (non-hydrogen) atoms. The maximum absolute atomic E-state index is 12.6. The van der Waals surface area contributed by atoms with Crippen molar-refractivity contribution in [1.29, 1.82) is 0 Å². The number of aromatic amines is 1. The van der Waals surface area contributed by atoms with Crippen LogP contribution in [0.15, 0.2) is 24.3 Å². The van der Waals surface area contributed by atoms with E-state index in [4.69, 9.17) is 0 Å². The van der Waals surface area contributed by atoms with Crippen LogP contribution >= 0.6 is 0 Å². The Hall–Kier alpha value is -2.18. The number of nitrogens with zero attached hydrogens (tertiary/aromatic N) is 1. The number of H-pyrrole nitrogens is 1. The Bertz CT molecular complexity index is 716. The monoisotopic (exact) mass is 340 g/mol. The van der Waals surface area contributed by atoms with E-state index in [0.717, 1.165) is 38.8 Å². The number of likely N-dealkylation sites (tertiary alicyclic amines) is 1. The summed E-state index contributed by atoms with van der Waals surface area (Å²) >= 11 is 0. The molecule has 130 valence electrons. The van der Waals surface area contributed by atoms with Crippen LogP contribution in [0.4, 0.5) is 13.2 Å². The summed E-state index contributed by atoms with van der Waals surface area (Å²) in [5.74, 6) is -0.409. The lowest BCUT2D eigenvalue weighted by molar-refractivity contribution is -0.274. The Balaban J connectivity index is 1.80. The molecule has 1 amide bonds. The molecule has 1 saturated heterocycles. The molecule has 0 spiro atoms. The molecule has 1 aliphatic heterocycles. The zero-order valence-corrected chi connectivity index (χ0v) is 13.2. The standard InChI is InChI=1S/C17H19F3N2O2/c18-17(19,20)24-13-7-6-12-10-15(21-14(12)11-13)16(23)22-8-4-2-1-3-5-9-22/h6-7,10-11,21H,1-5,8-9H2. The van der Waals surface area contributed by atoms with Crippen molar-refractivity contribution in [3.63, 3.8) is 0 Å². The summed E-state index contributed by atoms with van der Waals surface area (Å²) in [6, 6.07) is 5.69. The lowest BCUT2D eigenvalue weighted by atomic mass is 10.1. The SMILES string of the molecule is O=C(c1cc2ccc(OC(F)(F)F)cc2[nH]1)N1CCCCCCC1. The highest BCUT2D eigenvalue weighted by molar-refractivity contribution is 5.98. The second-order valence-corrected chi connectivity index (χ2v) is 6.04. The molecule has 0 unspecified atom stereocenters. The van der Waals surface area contributed by atoms with Crippen LogP contribution in [0, 0.1) is 0 Å². The van der Waals surface area contributed by atoms with E-state index in [1.807, 2.05) is 4.90 Å². The molecule has 1 N–H and O–H groups in total. The number of hydrogen-bond acceptors (Lipinski definition) is 2. The van der Waals surface area contributed by atoms with Crippen LogP contribution in [0.1, 0.15) is 42.6 Å². The van der Waals surface area contributed by atoms with E-state index in [1.165, 1.54) is 24.6 Å². The van der Waals surface area contributed by atoms with Crippen molar-refractivity contribution < 1.29 is 22.7 Å². The number of hydrogen-bond donors (Lipinski definition) is 1. The summed E-state index contributed by atoms with van der Waals surface area (Å²) in [6.07, 6.45) is 0.675. The molecule has 1 fully saturated rings. The van der Waals surface area contributed by atoms with Crippen molar-refractivity contribution in [2.45, 2.75) is 38.5 Å². The Morgan fingerprint density at radius 3 is 2.38 bits per heavy atom. The van der Waals surface area contributed by atoms with Gasteiger partial charge in [-0.2, -0.15) is 0 Å². The topological polar surface area (TPSA) is 45.3 Å². The summed E-state index contributed by atoms with van der Waals surface area (Å²) in [5.41, 5.74) is 0.849. The van der Waals surface area contributed by atoms with Crippen molar-refractivity contribution in [2.75, 3.05) is 13.1 Å². The number of halogens is 3. The third-order valence-electron chi connectivity index (χ3n) is 4.20. The maximum Gasteiger partial charge on any atom is 0.573 e. The predicted octanol–water partition coefficient (Wildman–Crippen LogP) is 4.47. The highest BCUT2D eigenvalue weighted by Gasteiger charge is 2.31. The number of carbonyl (C=O) groups excluding carboxylic acids is 1. The molecule has 4 nitrogen and oxygen atoms in total. The molecule has 3 rings (SSSR count). The average molecular weight is 340 g/mol. The van der Waals surface area contributed by atoms with Gasteiger partial charge in [-0.05, 0) is 31.0 Å². The van der Waals surface area contributed by atoms with Crippen molar-refractivity contribution in [3.05, 3.63) is 30.0 Å². The van der Waals surface area contributed by atoms with Gasteiger partial charge in [0.1, 0.15) is 11.4 Å². The third-order valence-corrected chi connectivity index (χ3v) is 4.20. The van der Waals surface area contributed by atoms with Gasteiger partial charge in [-0.3, -0.25) is 4.79 Å². The van der Waals surface area contributed by atoms with Crippen LogP contribution in [0.25, 0.3) is 10.9 Å². The lowest BCUT2D eigenvalue weighted by Gasteiger charge is -2.24. The highest BCUT2D eigenvalue weighted by Crippen LogP contribution is 2.27. The molecule has 0 saturated carbocycles. The fourth-order valence-electron chi connectivity index (χ4n) is 3.04. The lowest BCUT2D eigenvalue weighted by Crippen LogP contribution is -2.33. The second kappa shape index (κ2) is 6.75. The molecular formula is C17H19F3N2O2. The summed E-state index contributed by atoms with van der Waals surface area (Å²) in [4.78, 5) is 17.4. The Morgan fingerprint density at radius 2 is 1.71 bits per heavy atom. The number of fused-ring (bicyclic) bond motifs is 1. The molecule has 0 radical (unpaired) electrons. The zero-order valence-electron chi connectivity index (χ0n) is 13.2. The largest absolute Gasteiger partial charge is 0.573 e. The molecule has 2 heterocycles.